The van der Waals surface area contributed by atoms with Gasteiger partial charge in [-0.15, -0.1) is 0 Å². The number of aromatic nitrogens is 1. The van der Waals surface area contributed by atoms with E-state index in [2.05, 4.69) is 10.0 Å². The maximum atomic E-state index is 12.7. The van der Waals surface area contributed by atoms with Crippen molar-refractivity contribution in [3.8, 4) is 0 Å². The Kier molecular flexibility index (Phi) is 5.93. The van der Waals surface area contributed by atoms with Gasteiger partial charge in [0.05, 0.1) is 15.6 Å². The molecule has 0 bridgehead atoms. The van der Waals surface area contributed by atoms with Gasteiger partial charge in [0.2, 0.25) is 0 Å². The van der Waals surface area contributed by atoms with Gasteiger partial charge in [0.25, 0.3) is 15.9 Å². The van der Waals surface area contributed by atoms with E-state index in [0.29, 0.717) is 11.4 Å². The maximum absolute atomic E-state index is 12.7. The number of hydrogen-bond donors (Lipinski definition) is 2. The Morgan fingerprint density at radius 1 is 1.00 bits per heavy atom. The van der Waals surface area contributed by atoms with Gasteiger partial charge in [-0.1, -0.05) is 41.4 Å². The molecule has 3 rings (SSSR count). The van der Waals surface area contributed by atoms with Crippen molar-refractivity contribution in [2.24, 2.45) is 7.05 Å². The summed E-state index contributed by atoms with van der Waals surface area (Å²) in [5.74, 6) is -0.412. The van der Waals surface area contributed by atoms with Crippen LogP contribution in [-0.2, 0) is 17.1 Å². The molecule has 152 valence electrons. The lowest BCUT2D eigenvalue weighted by atomic mass is 10.1. The minimum Gasteiger partial charge on any atom is -0.329 e. The summed E-state index contributed by atoms with van der Waals surface area (Å²) in [6, 6.07) is 12.9. The van der Waals surface area contributed by atoms with Crippen LogP contribution in [0.5, 0.6) is 0 Å². The van der Waals surface area contributed by atoms with E-state index in [9.17, 15) is 13.2 Å². The van der Waals surface area contributed by atoms with Crippen LogP contribution in [-0.4, -0.2) is 18.9 Å². The topological polar surface area (TPSA) is 80.2 Å². The molecule has 1 heterocycles. The largest absolute Gasteiger partial charge is 0.329 e. The van der Waals surface area contributed by atoms with E-state index < -0.39 is 15.9 Å². The minimum atomic E-state index is -3.77. The molecule has 1 aromatic heterocycles. The number of carbonyl (C=O) groups excluding carboxylic acids is 1. The normalized spacial score (nSPS) is 11.3. The lowest BCUT2D eigenvalue weighted by molar-refractivity contribution is 0.101. The van der Waals surface area contributed by atoms with Crippen molar-refractivity contribution in [2.45, 2.75) is 18.7 Å². The number of nitrogens with zero attached hydrogens (tertiary/aromatic N) is 1. The Hall–Kier alpha value is -2.48. The molecule has 0 unspecified atom stereocenters. The fourth-order valence-corrected chi connectivity index (χ4v) is 4.42. The molecule has 9 heteroatoms. The van der Waals surface area contributed by atoms with Crippen molar-refractivity contribution >= 4 is 50.5 Å². The number of nitrogens with one attached hydrogen (secondary N) is 2. The van der Waals surface area contributed by atoms with Gasteiger partial charge in [-0.05, 0) is 55.3 Å². The molecule has 0 aliphatic rings. The molecule has 3 aromatic rings. The van der Waals surface area contributed by atoms with E-state index >= 15 is 0 Å². The third-order valence-corrected chi connectivity index (χ3v) is 6.70. The third-order valence-electron chi connectivity index (χ3n) is 4.49. The molecule has 6 nitrogen and oxygen atoms in total. The van der Waals surface area contributed by atoms with Crippen molar-refractivity contribution in [2.75, 3.05) is 10.0 Å². The van der Waals surface area contributed by atoms with E-state index in [-0.39, 0.29) is 20.8 Å². The molecule has 0 radical (unpaired) electrons. The van der Waals surface area contributed by atoms with Crippen molar-refractivity contribution < 1.29 is 13.2 Å². The Morgan fingerprint density at radius 3 is 2.10 bits per heavy atom. The van der Waals surface area contributed by atoms with Crippen LogP contribution in [0.2, 0.25) is 10.2 Å². The Bertz CT molecular complexity index is 1170. The molecular weight excluding hydrogens is 433 g/mol. The second-order valence-corrected chi connectivity index (χ2v) is 9.03. The zero-order valence-corrected chi connectivity index (χ0v) is 18.3. The number of hydrogen-bond acceptors (Lipinski definition) is 3. The van der Waals surface area contributed by atoms with Gasteiger partial charge in [-0.2, -0.15) is 0 Å². The van der Waals surface area contributed by atoms with Gasteiger partial charge in [0.1, 0.15) is 10.8 Å². The first-order chi connectivity index (χ1) is 13.6. The monoisotopic (exact) mass is 451 g/mol. The highest BCUT2D eigenvalue weighted by molar-refractivity contribution is 7.92. The van der Waals surface area contributed by atoms with Crippen LogP contribution in [0.1, 0.15) is 21.6 Å². The maximum Gasteiger partial charge on any atom is 0.272 e. The van der Waals surface area contributed by atoms with Gasteiger partial charge in [0.15, 0.2) is 0 Å². The number of benzene rings is 2. The van der Waals surface area contributed by atoms with Crippen molar-refractivity contribution in [1.82, 2.24) is 4.57 Å². The van der Waals surface area contributed by atoms with Crippen LogP contribution in [0.25, 0.3) is 0 Å². The van der Waals surface area contributed by atoms with E-state index in [0.717, 1.165) is 11.1 Å². The zero-order valence-electron chi connectivity index (χ0n) is 16.0. The molecular formula is C20H19Cl2N3O3S. The first kappa shape index (κ1) is 21.2. The molecule has 2 aromatic carbocycles. The molecule has 0 fully saturated rings. The standard InChI is InChI=1S/C20H19Cl2N3O3S/c1-12-5-4-6-13(2)18(12)24-29(27,28)15-9-7-14(8-10-15)23-20(26)17-11-16(21)19(22)25(17)3/h4-11,24H,1-3H3,(H,23,26). The molecule has 0 aliphatic heterocycles. The van der Waals surface area contributed by atoms with E-state index in [1.165, 1.54) is 34.9 Å². The Morgan fingerprint density at radius 2 is 1.59 bits per heavy atom. The predicted octanol–water partition coefficient (Wildman–Crippen LogP) is 5.00. The van der Waals surface area contributed by atoms with Gasteiger partial charge in [-0.3, -0.25) is 9.52 Å². The Balaban J connectivity index is 1.79. The van der Waals surface area contributed by atoms with Gasteiger partial charge >= 0.3 is 0 Å². The average molecular weight is 452 g/mol. The number of sulfonamides is 1. The Labute approximate surface area is 179 Å². The number of aryl methyl sites for hydroxylation is 2. The van der Waals surface area contributed by atoms with E-state index in [4.69, 9.17) is 23.2 Å². The quantitative estimate of drug-likeness (QED) is 0.572. The summed E-state index contributed by atoms with van der Waals surface area (Å²) in [6.45, 7) is 3.68. The second kappa shape index (κ2) is 8.10. The summed E-state index contributed by atoms with van der Waals surface area (Å²) < 4.78 is 29.5. The summed E-state index contributed by atoms with van der Waals surface area (Å²) in [5, 5.41) is 3.23. The first-order valence-electron chi connectivity index (χ1n) is 8.61. The van der Waals surface area contributed by atoms with Crippen LogP contribution in [0.3, 0.4) is 0 Å². The number of rotatable bonds is 5. The molecule has 0 saturated heterocycles. The highest BCUT2D eigenvalue weighted by Crippen LogP contribution is 2.26. The summed E-state index contributed by atoms with van der Waals surface area (Å²) in [4.78, 5) is 12.5. The van der Waals surface area contributed by atoms with Crippen LogP contribution in [0, 0.1) is 13.8 Å². The highest BCUT2D eigenvalue weighted by Gasteiger charge is 2.18. The molecule has 1 amide bonds. The SMILES string of the molecule is Cc1cccc(C)c1NS(=O)(=O)c1ccc(NC(=O)c2cc(Cl)c(Cl)n2C)cc1. The van der Waals surface area contributed by atoms with Crippen LogP contribution < -0.4 is 10.0 Å². The summed E-state index contributed by atoms with van der Waals surface area (Å²) in [6.07, 6.45) is 0. The number of halogens is 2. The number of carbonyl (C=O) groups is 1. The van der Waals surface area contributed by atoms with Gasteiger partial charge in [0, 0.05) is 12.7 Å². The number of amides is 1. The summed E-state index contributed by atoms with van der Waals surface area (Å²) in [5.41, 5.74) is 2.94. The lowest BCUT2D eigenvalue weighted by Crippen LogP contribution is -2.16. The third kappa shape index (κ3) is 4.42. The zero-order chi connectivity index (χ0) is 21.3. The lowest BCUT2D eigenvalue weighted by Gasteiger charge is -2.13. The molecule has 0 aliphatic carbocycles. The predicted molar refractivity (Wildman–Crippen MR) is 117 cm³/mol. The van der Waals surface area contributed by atoms with Crippen molar-refractivity contribution in [3.63, 3.8) is 0 Å². The van der Waals surface area contributed by atoms with Crippen LogP contribution in [0.15, 0.2) is 53.4 Å². The van der Waals surface area contributed by atoms with Crippen molar-refractivity contribution in [3.05, 3.63) is 75.5 Å². The molecule has 29 heavy (non-hydrogen) atoms. The smallest absolute Gasteiger partial charge is 0.272 e. The molecule has 2 N–H and O–H groups in total. The van der Waals surface area contributed by atoms with Gasteiger partial charge in [-0.25, -0.2) is 8.42 Å². The van der Waals surface area contributed by atoms with Crippen molar-refractivity contribution in [1.29, 1.82) is 0 Å². The fraction of sp³-hybridized carbons (Fsp3) is 0.150. The average Bonchev–Trinajstić information content (AvgIpc) is 2.93. The van der Waals surface area contributed by atoms with Crippen LogP contribution in [0.4, 0.5) is 11.4 Å². The summed E-state index contributed by atoms with van der Waals surface area (Å²) >= 11 is 11.9. The summed E-state index contributed by atoms with van der Waals surface area (Å²) in [7, 11) is -2.14. The molecule has 0 saturated carbocycles. The van der Waals surface area contributed by atoms with E-state index in [1.54, 1.807) is 7.05 Å². The highest BCUT2D eigenvalue weighted by atomic mass is 35.5. The number of para-hydroxylation sites is 1. The minimum absolute atomic E-state index is 0.0862. The van der Waals surface area contributed by atoms with E-state index in [1.807, 2.05) is 32.0 Å². The molecule has 0 spiro atoms. The van der Waals surface area contributed by atoms with Crippen LogP contribution >= 0.6 is 23.2 Å². The number of anilines is 2. The first-order valence-corrected chi connectivity index (χ1v) is 10.8. The molecule has 0 atom stereocenters. The second-order valence-electron chi connectivity index (χ2n) is 6.58. The van der Waals surface area contributed by atoms with Gasteiger partial charge < -0.3 is 9.88 Å². The fourth-order valence-electron chi connectivity index (χ4n) is 2.84.